The molecule has 0 aliphatic carbocycles. The minimum atomic E-state index is -0.183. The van der Waals surface area contributed by atoms with Crippen molar-refractivity contribution in [3.8, 4) is 11.4 Å². The van der Waals surface area contributed by atoms with Gasteiger partial charge in [0.15, 0.2) is 0 Å². The number of carbonyl (C=O) groups excluding carboxylic acids is 1. The maximum atomic E-state index is 12.2. The molecule has 1 amide bonds. The monoisotopic (exact) mass is 309 g/mol. The van der Waals surface area contributed by atoms with Crippen molar-refractivity contribution in [3.63, 3.8) is 0 Å². The van der Waals surface area contributed by atoms with Crippen molar-refractivity contribution < 1.29 is 9.53 Å². The van der Waals surface area contributed by atoms with Gasteiger partial charge in [-0.2, -0.15) is 0 Å². The molecule has 0 bridgehead atoms. The Balaban J connectivity index is 1.68. The molecule has 0 fully saturated rings. The Kier molecular flexibility index (Phi) is 4.28. The van der Waals surface area contributed by atoms with E-state index in [1.807, 2.05) is 19.1 Å². The Hall–Kier alpha value is -3.22. The molecule has 1 aromatic heterocycles. The summed E-state index contributed by atoms with van der Waals surface area (Å²) in [5.74, 6) is 0.591. The number of hydrogen-bond acceptors (Lipinski definition) is 5. The highest BCUT2D eigenvalue weighted by atomic mass is 16.5. The van der Waals surface area contributed by atoms with Gasteiger partial charge in [-0.25, -0.2) is 4.68 Å². The second-order valence-electron chi connectivity index (χ2n) is 4.71. The van der Waals surface area contributed by atoms with Crippen LogP contribution in [0, 0.1) is 0 Å². The summed E-state index contributed by atoms with van der Waals surface area (Å²) in [5.41, 5.74) is 2.05. The highest BCUT2D eigenvalue weighted by Crippen LogP contribution is 2.17. The lowest BCUT2D eigenvalue weighted by atomic mass is 10.2. The van der Waals surface area contributed by atoms with Crippen LogP contribution in [0.25, 0.3) is 5.69 Å². The maximum absolute atomic E-state index is 12.2. The molecule has 0 aliphatic heterocycles. The highest BCUT2D eigenvalue weighted by Gasteiger charge is 2.07. The molecular weight excluding hydrogens is 294 g/mol. The van der Waals surface area contributed by atoms with E-state index in [0.717, 1.165) is 11.4 Å². The molecule has 1 N–H and O–H groups in total. The molecule has 0 saturated carbocycles. The molecule has 0 radical (unpaired) electrons. The van der Waals surface area contributed by atoms with Crippen LogP contribution >= 0.6 is 0 Å². The molecule has 3 rings (SSSR count). The summed E-state index contributed by atoms with van der Waals surface area (Å²) in [6.07, 6.45) is 1.50. The van der Waals surface area contributed by atoms with Gasteiger partial charge in [-0.15, -0.1) is 5.10 Å². The lowest BCUT2D eigenvalue weighted by Crippen LogP contribution is -2.12. The van der Waals surface area contributed by atoms with Gasteiger partial charge in [0.1, 0.15) is 12.1 Å². The zero-order chi connectivity index (χ0) is 16.1. The second kappa shape index (κ2) is 6.69. The smallest absolute Gasteiger partial charge is 0.255 e. The van der Waals surface area contributed by atoms with E-state index >= 15 is 0 Å². The van der Waals surface area contributed by atoms with Crippen LogP contribution in [0.1, 0.15) is 17.3 Å². The largest absolute Gasteiger partial charge is 0.494 e. The second-order valence-corrected chi connectivity index (χ2v) is 4.71. The van der Waals surface area contributed by atoms with E-state index < -0.39 is 0 Å². The minimum Gasteiger partial charge on any atom is -0.494 e. The molecule has 0 saturated heterocycles. The molecule has 1 heterocycles. The van der Waals surface area contributed by atoms with Crippen LogP contribution in [0.4, 0.5) is 5.69 Å². The Morgan fingerprint density at radius 2 is 1.87 bits per heavy atom. The predicted octanol–water partition coefficient (Wildman–Crippen LogP) is 2.31. The Labute approximate surface area is 132 Å². The quantitative estimate of drug-likeness (QED) is 0.782. The van der Waals surface area contributed by atoms with Gasteiger partial charge in [0, 0.05) is 11.3 Å². The number of nitrogens with one attached hydrogen (secondary N) is 1. The summed E-state index contributed by atoms with van der Waals surface area (Å²) in [7, 11) is 0. The van der Waals surface area contributed by atoms with Crippen LogP contribution in [0.3, 0.4) is 0 Å². The third kappa shape index (κ3) is 3.52. The fourth-order valence-corrected chi connectivity index (χ4v) is 2.05. The first kappa shape index (κ1) is 14.7. The van der Waals surface area contributed by atoms with Crippen molar-refractivity contribution in [1.82, 2.24) is 20.2 Å². The molecule has 7 heteroatoms. The van der Waals surface area contributed by atoms with Gasteiger partial charge >= 0.3 is 0 Å². The van der Waals surface area contributed by atoms with Crippen molar-refractivity contribution in [2.75, 3.05) is 11.9 Å². The van der Waals surface area contributed by atoms with Gasteiger partial charge < -0.3 is 10.1 Å². The van der Waals surface area contributed by atoms with Gasteiger partial charge in [0.25, 0.3) is 5.91 Å². The van der Waals surface area contributed by atoms with Crippen LogP contribution < -0.4 is 10.1 Å². The molecule has 2 aromatic carbocycles. The molecule has 0 unspecified atom stereocenters. The van der Waals surface area contributed by atoms with E-state index in [1.54, 1.807) is 36.4 Å². The average Bonchev–Trinajstić information content (AvgIpc) is 3.11. The molecular formula is C16H15N5O2. The van der Waals surface area contributed by atoms with Crippen molar-refractivity contribution in [1.29, 1.82) is 0 Å². The number of rotatable bonds is 5. The number of aromatic nitrogens is 4. The van der Waals surface area contributed by atoms with Crippen LogP contribution in [0.2, 0.25) is 0 Å². The van der Waals surface area contributed by atoms with E-state index in [2.05, 4.69) is 20.8 Å². The highest BCUT2D eigenvalue weighted by molar-refractivity contribution is 6.04. The molecule has 3 aromatic rings. The summed E-state index contributed by atoms with van der Waals surface area (Å²) in [6.45, 7) is 2.54. The minimum absolute atomic E-state index is 0.183. The zero-order valence-corrected chi connectivity index (χ0v) is 12.5. The van der Waals surface area contributed by atoms with E-state index in [0.29, 0.717) is 17.9 Å². The summed E-state index contributed by atoms with van der Waals surface area (Å²) in [4.78, 5) is 12.2. The van der Waals surface area contributed by atoms with Crippen molar-refractivity contribution in [2.24, 2.45) is 0 Å². The number of amides is 1. The maximum Gasteiger partial charge on any atom is 0.255 e. The number of ether oxygens (including phenoxy) is 1. The van der Waals surface area contributed by atoms with Crippen molar-refractivity contribution >= 4 is 11.6 Å². The molecule has 116 valence electrons. The fourth-order valence-electron chi connectivity index (χ4n) is 2.05. The van der Waals surface area contributed by atoms with Gasteiger partial charge in [0.2, 0.25) is 0 Å². The van der Waals surface area contributed by atoms with Gasteiger partial charge in [-0.3, -0.25) is 4.79 Å². The van der Waals surface area contributed by atoms with Gasteiger partial charge in [-0.05, 0) is 65.9 Å². The van der Waals surface area contributed by atoms with Gasteiger partial charge in [0.05, 0.1) is 12.3 Å². The summed E-state index contributed by atoms with van der Waals surface area (Å²) < 4.78 is 6.89. The first-order valence-electron chi connectivity index (χ1n) is 7.14. The predicted molar refractivity (Wildman–Crippen MR) is 84.7 cm³/mol. The number of nitrogens with zero attached hydrogens (tertiary/aromatic N) is 4. The van der Waals surface area contributed by atoms with Crippen LogP contribution in [0.5, 0.6) is 5.75 Å². The van der Waals surface area contributed by atoms with E-state index in [-0.39, 0.29) is 5.91 Å². The third-order valence-corrected chi connectivity index (χ3v) is 3.17. The third-order valence-electron chi connectivity index (χ3n) is 3.17. The summed E-state index contributed by atoms with van der Waals surface area (Å²) in [5, 5.41) is 13.8. The van der Waals surface area contributed by atoms with Crippen LogP contribution in [0.15, 0.2) is 54.9 Å². The Morgan fingerprint density at radius 1 is 1.13 bits per heavy atom. The Morgan fingerprint density at radius 3 is 2.48 bits per heavy atom. The Bertz CT molecular complexity index is 767. The summed E-state index contributed by atoms with van der Waals surface area (Å²) >= 11 is 0. The first-order valence-corrected chi connectivity index (χ1v) is 7.14. The standard InChI is InChI=1S/C16H15N5O2/c1-2-23-15-9-5-13(6-10-15)18-16(22)12-3-7-14(8-4-12)21-11-17-19-20-21/h3-11H,2H2,1H3,(H,18,22). The zero-order valence-electron chi connectivity index (χ0n) is 12.5. The molecule has 0 aliphatic rings. The van der Waals surface area contributed by atoms with E-state index in [9.17, 15) is 4.79 Å². The SMILES string of the molecule is CCOc1ccc(NC(=O)c2ccc(-n3cnnn3)cc2)cc1. The lowest BCUT2D eigenvalue weighted by molar-refractivity contribution is 0.102. The molecule has 0 spiro atoms. The molecule has 0 atom stereocenters. The van der Waals surface area contributed by atoms with Crippen LogP contribution in [-0.2, 0) is 0 Å². The number of tetrazole rings is 1. The van der Waals surface area contributed by atoms with E-state index in [1.165, 1.54) is 11.0 Å². The summed E-state index contributed by atoms with van der Waals surface area (Å²) in [6, 6.07) is 14.3. The number of carbonyl (C=O) groups is 1. The number of anilines is 1. The topological polar surface area (TPSA) is 81.9 Å². The number of benzene rings is 2. The molecule has 23 heavy (non-hydrogen) atoms. The van der Waals surface area contributed by atoms with E-state index in [4.69, 9.17) is 4.74 Å². The fraction of sp³-hybridized carbons (Fsp3) is 0.125. The van der Waals surface area contributed by atoms with Gasteiger partial charge in [-0.1, -0.05) is 0 Å². The molecule has 7 nitrogen and oxygen atoms in total. The van der Waals surface area contributed by atoms with Crippen molar-refractivity contribution in [2.45, 2.75) is 6.92 Å². The normalized spacial score (nSPS) is 10.3. The lowest BCUT2D eigenvalue weighted by Gasteiger charge is -2.07. The first-order chi connectivity index (χ1) is 11.3. The average molecular weight is 309 g/mol. The number of hydrogen-bond donors (Lipinski definition) is 1. The van der Waals surface area contributed by atoms with Crippen LogP contribution in [-0.4, -0.2) is 32.7 Å². The van der Waals surface area contributed by atoms with Crippen molar-refractivity contribution in [3.05, 3.63) is 60.4 Å².